The van der Waals surface area contributed by atoms with Crippen molar-refractivity contribution in [1.29, 1.82) is 0 Å². The minimum Gasteiger partial charge on any atom is -0.346 e. The maximum Gasteiger partial charge on any atom is 0.227 e. The summed E-state index contributed by atoms with van der Waals surface area (Å²) in [5, 5.41) is 5.75. The van der Waals surface area contributed by atoms with Crippen LogP contribution in [-0.2, 0) is 11.2 Å². The van der Waals surface area contributed by atoms with Gasteiger partial charge < -0.3 is 9.80 Å². The Labute approximate surface area is 198 Å². The van der Waals surface area contributed by atoms with Gasteiger partial charge in [0.25, 0.3) is 0 Å². The molecule has 0 spiro atoms. The van der Waals surface area contributed by atoms with E-state index in [1.54, 1.807) is 11.3 Å². The van der Waals surface area contributed by atoms with Crippen molar-refractivity contribution in [2.45, 2.75) is 33.6 Å². The molecule has 6 nitrogen and oxygen atoms in total. The molecule has 1 fully saturated rings. The Hall–Kier alpha value is -3.19. The fourth-order valence-electron chi connectivity index (χ4n) is 4.46. The smallest absolute Gasteiger partial charge is 0.227 e. The lowest BCUT2D eigenvalue weighted by Crippen LogP contribution is -2.36. The second-order valence-corrected chi connectivity index (χ2v) is 9.85. The van der Waals surface area contributed by atoms with E-state index in [4.69, 9.17) is 10.1 Å². The Morgan fingerprint density at radius 3 is 2.55 bits per heavy atom. The lowest BCUT2D eigenvalue weighted by Gasteiger charge is -2.22. The minimum absolute atomic E-state index is 0.206. The number of thiazole rings is 1. The van der Waals surface area contributed by atoms with Crippen LogP contribution in [0.3, 0.4) is 0 Å². The zero-order valence-electron chi connectivity index (χ0n) is 19.4. The predicted molar refractivity (Wildman–Crippen MR) is 135 cm³/mol. The van der Waals surface area contributed by atoms with Gasteiger partial charge in [0.2, 0.25) is 5.91 Å². The van der Waals surface area contributed by atoms with Crippen molar-refractivity contribution in [3.63, 3.8) is 0 Å². The average Bonchev–Trinajstić information content (AvgIpc) is 3.24. The van der Waals surface area contributed by atoms with Gasteiger partial charge in [0.1, 0.15) is 0 Å². The molecule has 1 amide bonds. The molecule has 33 heavy (non-hydrogen) atoms. The number of anilines is 1. The molecule has 0 atom stereocenters. The van der Waals surface area contributed by atoms with Crippen LogP contribution >= 0.6 is 11.3 Å². The van der Waals surface area contributed by atoms with Gasteiger partial charge >= 0.3 is 0 Å². The molecule has 2 aromatic carbocycles. The summed E-state index contributed by atoms with van der Waals surface area (Å²) >= 11 is 1.70. The van der Waals surface area contributed by atoms with Gasteiger partial charge in [-0.05, 0) is 50.5 Å². The van der Waals surface area contributed by atoms with Gasteiger partial charge in [-0.25, -0.2) is 4.68 Å². The number of fused-ring (bicyclic) bond motifs is 1. The van der Waals surface area contributed by atoms with Gasteiger partial charge in [-0.1, -0.05) is 53.3 Å². The van der Waals surface area contributed by atoms with E-state index in [9.17, 15) is 4.79 Å². The molecule has 2 aromatic heterocycles. The monoisotopic (exact) mass is 459 g/mol. The Balaban J connectivity index is 1.32. The number of aromatic nitrogens is 3. The lowest BCUT2D eigenvalue weighted by molar-refractivity contribution is -0.130. The largest absolute Gasteiger partial charge is 0.346 e. The Kier molecular flexibility index (Phi) is 5.89. The summed E-state index contributed by atoms with van der Waals surface area (Å²) in [6.07, 6.45) is 1.41. The average molecular weight is 460 g/mol. The van der Waals surface area contributed by atoms with Crippen molar-refractivity contribution in [3.05, 3.63) is 70.9 Å². The van der Waals surface area contributed by atoms with Gasteiger partial charge in [-0.15, -0.1) is 0 Å². The second-order valence-electron chi connectivity index (χ2n) is 8.87. The van der Waals surface area contributed by atoms with E-state index in [-0.39, 0.29) is 5.91 Å². The normalized spacial score (nSPS) is 14.6. The molecular formula is C26H29N5OS. The third-order valence-electron chi connectivity index (χ3n) is 6.18. The summed E-state index contributed by atoms with van der Waals surface area (Å²) in [6, 6.07) is 16.6. The Bertz CT molecular complexity index is 1310. The summed E-state index contributed by atoms with van der Waals surface area (Å²) in [7, 11) is 0. The van der Waals surface area contributed by atoms with Crippen LogP contribution in [0.1, 0.15) is 28.8 Å². The summed E-state index contributed by atoms with van der Waals surface area (Å²) < 4.78 is 3.08. The van der Waals surface area contributed by atoms with E-state index in [2.05, 4.69) is 55.1 Å². The van der Waals surface area contributed by atoms with Crippen molar-refractivity contribution in [3.8, 4) is 5.69 Å². The van der Waals surface area contributed by atoms with Crippen LogP contribution in [-0.4, -0.2) is 51.8 Å². The quantitative estimate of drug-likeness (QED) is 0.444. The molecule has 0 aliphatic carbocycles. The predicted octanol–water partition coefficient (Wildman–Crippen LogP) is 4.69. The molecular weight excluding hydrogens is 430 g/mol. The van der Waals surface area contributed by atoms with Crippen LogP contribution in [0.5, 0.6) is 0 Å². The summed E-state index contributed by atoms with van der Waals surface area (Å²) in [4.78, 5) is 22.3. The molecule has 0 radical (unpaired) electrons. The van der Waals surface area contributed by atoms with E-state index in [1.165, 1.54) is 11.1 Å². The first kappa shape index (κ1) is 21.6. The molecule has 0 bridgehead atoms. The van der Waals surface area contributed by atoms with Gasteiger partial charge in [-0.2, -0.15) is 10.1 Å². The van der Waals surface area contributed by atoms with Gasteiger partial charge in [-0.3, -0.25) is 4.79 Å². The zero-order valence-corrected chi connectivity index (χ0v) is 20.2. The van der Waals surface area contributed by atoms with E-state index < -0.39 is 0 Å². The maximum absolute atomic E-state index is 12.9. The molecule has 170 valence electrons. The fraction of sp³-hybridized carbons (Fsp3) is 0.346. The molecule has 0 unspecified atom stereocenters. The van der Waals surface area contributed by atoms with E-state index in [0.717, 1.165) is 65.0 Å². The third-order valence-corrected chi connectivity index (χ3v) is 7.39. The van der Waals surface area contributed by atoms with Gasteiger partial charge in [0.05, 0.1) is 22.5 Å². The van der Waals surface area contributed by atoms with Crippen molar-refractivity contribution in [1.82, 2.24) is 19.7 Å². The number of hydrogen-bond donors (Lipinski definition) is 0. The van der Waals surface area contributed by atoms with Crippen molar-refractivity contribution >= 4 is 32.7 Å². The van der Waals surface area contributed by atoms with E-state index in [1.807, 2.05) is 28.6 Å². The Morgan fingerprint density at radius 2 is 1.76 bits per heavy atom. The molecule has 1 saturated heterocycles. The molecule has 0 saturated carbocycles. The molecule has 3 heterocycles. The molecule has 0 N–H and O–H groups in total. The van der Waals surface area contributed by atoms with Crippen molar-refractivity contribution < 1.29 is 4.79 Å². The number of rotatable bonds is 4. The number of benzene rings is 2. The topological polar surface area (TPSA) is 54.3 Å². The molecule has 4 aromatic rings. The van der Waals surface area contributed by atoms with Gasteiger partial charge in [0, 0.05) is 26.2 Å². The Morgan fingerprint density at radius 1 is 0.970 bits per heavy atom. The number of hydrogen-bond acceptors (Lipinski definition) is 5. The lowest BCUT2D eigenvalue weighted by atomic mass is 10.1. The minimum atomic E-state index is 0.206. The number of carbonyl (C=O) groups excluding carboxylic acids is 1. The summed E-state index contributed by atoms with van der Waals surface area (Å²) in [5.41, 5.74) is 6.43. The third kappa shape index (κ3) is 4.50. The summed E-state index contributed by atoms with van der Waals surface area (Å²) in [6.45, 7) is 9.42. The van der Waals surface area contributed by atoms with Crippen LogP contribution in [0.4, 0.5) is 5.13 Å². The highest BCUT2D eigenvalue weighted by Gasteiger charge is 2.23. The number of carbonyl (C=O) groups is 1. The van der Waals surface area contributed by atoms with E-state index in [0.29, 0.717) is 6.42 Å². The number of nitrogens with zero attached hydrogens (tertiary/aromatic N) is 5. The summed E-state index contributed by atoms with van der Waals surface area (Å²) in [5.74, 6) is 0.206. The zero-order chi connectivity index (χ0) is 22.9. The van der Waals surface area contributed by atoms with Crippen molar-refractivity contribution in [2.75, 3.05) is 31.1 Å². The highest BCUT2D eigenvalue weighted by Crippen LogP contribution is 2.33. The first-order valence-electron chi connectivity index (χ1n) is 11.5. The SMILES string of the molecule is Cc1cccc(CC(=O)N2CCCN(c3nc4c(s3)c(C)nn4-c3cccc(C)c3)CC2)c1. The number of aryl methyl sites for hydroxylation is 3. The first-order chi connectivity index (χ1) is 16.0. The van der Waals surface area contributed by atoms with Gasteiger partial charge in [0.15, 0.2) is 10.8 Å². The number of amides is 1. The van der Waals surface area contributed by atoms with Crippen LogP contribution < -0.4 is 4.90 Å². The molecule has 1 aliphatic rings. The highest BCUT2D eigenvalue weighted by molar-refractivity contribution is 7.22. The maximum atomic E-state index is 12.9. The highest BCUT2D eigenvalue weighted by atomic mass is 32.1. The first-order valence-corrected chi connectivity index (χ1v) is 12.3. The molecule has 5 rings (SSSR count). The van der Waals surface area contributed by atoms with Crippen LogP contribution in [0.2, 0.25) is 0 Å². The molecule has 1 aliphatic heterocycles. The van der Waals surface area contributed by atoms with Crippen molar-refractivity contribution in [2.24, 2.45) is 0 Å². The van der Waals surface area contributed by atoms with Crippen LogP contribution in [0.25, 0.3) is 16.0 Å². The molecule has 7 heteroatoms. The van der Waals surface area contributed by atoms with Crippen LogP contribution in [0.15, 0.2) is 48.5 Å². The van der Waals surface area contributed by atoms with Crippen LogP contribution in [0, 0.1) is 20.8 Å². The second kappa shape index (κ2) is 8.98. The van der Waals surface area contributed by atoms with E-state index >= 15 is 0 Å². The standard InChI is InChI=1S/C26H29N5OS/c1-18-7-4-9-21(15-18)17-23(32)29-11-6-12-30(14-13-29)26-27-25-24(33-26)20(3)28-31(25)22-10-5-8-19(2)16-22/h4-5,7-10,15-16H,6,11-14,17H2,1-3H3. The fourth-order valence-corrected chi connectivity index (χ4v) is 5.50.